The van der Waals surface area contributed by atoms with Gasteiger partial charge in [0, 0.05) is 0 Å². The van der Waals surface area contributed by atoms with E-state index in [-0.39, 0.29) is 5.56 Å². The highest BCUT2D eigenvalue weighted by molar-refractivity contribution is 7.98. The number of rotatable bonds is 1. The SMILES string of the molecule is CSc1nc2c(Cl)cccc2[nH]c1=O. The Labute approximate surface area is 89.5 Å². The van der Waals surface area contributed by atoms with E-state index in [2.05, 4.69) is 9.97 Å². The fourth-order valence-corrected chi connectivity index (χ4v) is 1.83. The maximum atomic E-state index is 11.4. The Bertz CT molecular complexity index is 538. The van der Waals surface area contributed by atoms with Crippen molar-refractivity contribution in [1.29, 1.82) is 0 Å². The molecule has 2 rings (SSSR count). The lowest BCUT2D eigenvalue weighted by Crippen LogP contribution is -2.10. The highest BCUT2D eigenvalue weighted by Gasteiger charge is 2.05. The maximum Gasteiger partial charge on any atom is 0.280 e. The van der Waals surface area contributed by atoms with Crippen molar-refractivity contribution in [1.82, 2.24) is 9.97 Å². The number of thioether (sulfide) groups is 1. The monoisotopic (exact) mass is 226 g/mol. The third kappa shape index (κ3) is 1.51. The largest absolute Gasteiger partial charge is 0.318 e. The normalized spacial score (nSPS) is 10.7. The van der Waals surface area contributed by atoms with Crippen LogP contribution in [0.3, 0.4) is 0 Å². The van der Waals surface area contributed by atoms with Crippen molar-refractivity contribution in [3.63, 3.8) is 0 Å². The Morgan fingerprint density at radius 1 is 1.50 bits per heavy atom. The molecule has 0 atom stereocenters. The molecule has 1 N–H and O–H groups in total. The highest BCUT2D eigenvalue weighted by Crippen LogP contribution is 2.20. The predicted molar refractivity (Wildman–Crippen MR) is 59.2 cm³/mol. The van der Waals surface area contributed by atoms with Crippen LogP contribution in [-0.4, -0.2) is 16.2 Å². The first kappa shape index (κ1) is 9.55. The minimum absolute atomic E-state index is 0.174. The summed E-state index contributed by atoms with van der Waals surface area (Å²) in [7, 11) is 0. The van der Waals surface area contributed by atoms with Gasteiger partial charge in [-0.25, -0.2) is 4.98 Å². The predicted octanol–water partition coefficient (Wildman–Crippen LogP) is 2.30. The number of fused-ring (bicyclic) bond motifs is 1. The van der Waals surface area contributed by atoms with Crippen LogP contribution in [0.15, 0.2) is 28.0 Å². The molecule has 0 fully saturated rings. The summed E-state index contributed by atoms with van der Waals surface area (Å²) in [4.78, 5) is 18.3. The summed E-state index contributed by atoms with van der Waals surface area (Å²) in [6.45, 7) is 0. The first-order chi connectivity index (χ1) is 6.72. The zero-order chi connectivity index (χ0) is 10.1. The van der Waals surface area contributed by atoms with E-state index in [1.165, 1.54) is 11.8 Å². The Hall–Kier alpha value is -1.00. The van der Waals surface area contributed by atoms with Gasteiger partial charge in [0.25, 0.3) is 5.56 Å². The molecule has 1 aromatic carbocycles. The van der Waals surface area contributed by atoms with E-state index in [4.69, 9.17) is 11.6 Å². The molecule has 72 valence electrons. The molecule has 5 heteroatoms. The fraction of sp³-hybridized carbons (Fsp3) is 0.111. The molecule has 1 heterocycles. The zero-order valence-electron chi connectivity index (χ0n) is 7.37. The molecule has 0 unspecified atom stereocenters. The first-order valence-electron chi connectivity index (χ1n) is 3.95. The van der Waals surface area contributed by atoms with Crippen LogP contribution < -0.4 is 5.56 Å². The van der Waals surface area contributed by atoms with Gasteiger partial charge in [0.1, 0.15) is 5.52 Å². The van der Waals surface area contributed by atoms with Crippen molar-refractivity contribution < 1.29 is 0 Å². The van der Waals surface area contributed by atoms with Crippen molar-refractivity contribution in [2.75, 3.05) is 6.26 Å². The molecular formula is C9H7ClN2OS. The lowest BCUT2D eigenvalue weighted by atomic mass is 10.3. The summed E-state index contributed by atoms with van der Waals surface area (Å²) in [6.07, 6.45) is 1.81. The van der Waals surface area contributed by atoms with Gasteiger partial charge in [-0.15, -0.1) is 11.8 Å². The Balaban J connectivity index is 2.87. The van der Waals surface area contributed by atoms with Gasteiger partial charge in [-0.05, 0) is 18.4 Å². The second-order valence-corrected chi connectivity index (χ2v) is 3.91. The molecular weight excluding hydrogens is 220 g/mol. The summed E-state index contributed by atoms with van der Waals surface area (Å²) in [6, 6.07) is 5.31. The number of para-hydroxylation sites is 1. The number of hydrogen-bond donors (Lipinski definition) is 1. The number of aromatic amines is 1. The molecule has 0 saturated carbocycles. The second kappa shape index (κ2) is 3.63. The summed E-state index contributed by atoms with van der Waals surface area (Å²) in [5.74, 6) is 0. The lowest BCUT2D eigenvalue weighted by Gasteiger charge is -2.00. The number of nitrogens with zero attached hydrogens (tertiary/aromatic N) is 1. The van der Waals surface area contributed by atoms with Crippen LogP contribution >= 0.6 is 23.4 Å². The number of nitrogens with one attached hydrogen (secondary N) is 1. The molecule has 0 aliphatic heterocycles. The first-order valence-corrected chi connectivity index (χ1v) is 5.55. The topological polar surface area (TPSA) is 45.8 Å². The quantitative estimate of drug-likeness (QED) is 0.759. The van der Waals surface area contributed by atoms with Crippen LogP contribution in [0.25, 0.3) is 11.0 Å². The smallest absolute Gasteiger partial charge is 0.280 e. The van der Waals surface area contributed by atoms with Gasteiger partial charge >= 0.3 is 0 Å². The van der Waals surface area contributed by atoms with E-state index in [0.717, 1.165) is 0 Å². The van der Waals surface area contributed by atoms with Crippen LogP contribution in [0.2, 0.25) is 5.02 Å². The Kier molecular flexibility index (Phi) is 2.48. The van der Waals surface area contributed by atoms with Crippen molar-refractivity contribution in [3.8, 4) is 0 Å². The van der Waals surface area contributed by atoms with E-state index in [1.54, 1.807) is 24.5 Å². The summed E-state index contributed by atoms with van der Waals surface area (Å²) >= 11 is 7.25. The number of aromatic nitrogens is 2. The van der Waals surface area contributed by atoms with E-state index in [0.29, 0.717) is 21.1 Å². The average molecular weight is 227 g/mol. The van der Waals surface area contributed by atoms with Crippen molar-refractivity contribution in [2.45, 2.75) is 5.03 Å². The molecule has 2 aromatic rings. The van der Waals surface area contributed by atoms with Crippen molar-refractivity contribution in [3.05, 3.63) is 33.6 Å². The second-order valence-electron chi connectivity index (χ2n) is 2.71. The van der Waals surface area contributed by atoms with Crippen LogP contribution in [0.4, 0.5) is 0 Å². The number of benzene rings is 1. The van der Waals surface area contributed by atoms with E-state index in [1.807, 2.05) is 0 Å². The van der Waals surface area contributed by atoms with Gasteiger partial charge < -0.3 is 4.98 Å². The van der Waals surface area contributed by atoms with Gasteiger partial charge in [0.05, 0.1) is 10.5 Å². The van der Waals surface area contributed by atoms with E-state index in [9.17, 15) is 4.79 Å². The van der Waals surface area contributed by atoms with E-state index >= 15 is 0 Å². The van der Waals surface area contributed by atoms with Crippen LogP contribution in [0.5, 0.6) is 0 Å². The molecule has 0 aliphatic carbocycles. The standard InChI is InChI=1S/C9H7ClN2OS/c1-14-9-8(13)11-6-4-2-3-5(10)7(6)12-9/h2-4H,1H3,(H,11,13). The molecule has 0 saturated heterocycles. The van der Waals surface area contributed by atoms with Crippen LogP contribution in [0.1, 0.15) is 0 Å². The van der Waals surface area contributed by atoms with Crippen LogP contribution in [-0.2, 0) is 0 Å². The molecule has 0 amide bonds. The summed E-state index contributed by atoms with van der Waals surface area (Å²) in [5.41, 5.74) is 1.13. The molecule has 0 spiro atoms. The van der Waals surface area contributed by atoms with Gasteiger partial charge in [-0.1, -0.05) is 17.7 Å². The third-order valence-corrected chi connectivity index (χ3v) is 2.80. The number of hydrogen-bond acceptors (Lipinski definition) is 3. The molecule has 1 aromatic heterocycles. The molecule has 0 aliphatic rings. The van der Waals surface area contributed by atoms with Gasteiger partial charge in [-0.3, -0.25) is 4.79 Å². The average Bonchev–Trinajstić information content (AvgIpc) is 2.17. The fourth-order valence-electron chi connectivity index (χ4n) is 1.20. The third-order valence-electron chi connectivity index (χ3n) is 1.84. The van der Waals surface area contributed by atoms with E-state index < -0.39 is 0 Å². The molecule has 3 nitrogen and oxygen atoms in total. The molecule has 0 radical (unpaired) electrons. The van der Waals surface area contributed by atoms with Gasteiger partial charge in [0.15, 0.2) is 5.03 Å². The van der Waals surface area contributed by atoms with Crippen molar-refractivity contribution >= 4 is 34.4 Å². The Morgan fingerprint density at radius 2 is 2.29 bits per heavy atom. The zero-order valence-corrected chi connectivity index (χ0v) is 8.95. The highest BCUT2D eigenvalue weighted by atomic mass is 35.5. The minimum atomic E-state index is -0.174. The summed E-state index contributed by atoms with van der Waals surface area (Å²) in [5, 5.41) is 0.986. The summed E-state index contributed by atoms with van der Waals surface area (Å²) < 4.78 is 0. The van der Waals surface area contributed by atoms with Crippen LogP contribution in [0, 0.1) is 0 Å². The molecule has 14 heavy (non-hydrogen) atoms. The minimum Gasteiger partial charge on any atom is -0.318 e. The van der Waals surface area contributed by atoms with Gasteiger partial charge in [0.2, 0.25) is 0 Å². The van der Waals surface area contributed by atoms with Gasteiger partial charge in [-0.2, -0.15) is 0 Å². The maximum absolute atomic E-state index is 11.4. The number of halogens is 1. The molecule has 0 bridgehead atoms. The Morgan fingerprint density at radius 3 is 3.00 bits per heavy atom. The lowest BCUT2D eigenvalue weighted by molar-refractivity contribution is 1.06. The number of H-pyrrole nitrogens is 1. The van der Waals surface area contributed by atoms with Crippen molar-refractivity contribution in [2.24, 2.45) is 0 Å².